The second kappa shape index (κ2) is 6.94. The van der Waals surface area contributed by atoms with Gasteiger partial charge in [-0.3, -0.25) is 14.9 Å². The molecule has 10 heteroatoms. The number of hydrogen-bond acceptors (Lipinski definition) is 7. The minimum atomic E-state index is -0.768. The predicted molar refractivity (Wildman–Crippen MR) is 113 cm³/mol. The Morgan fingerprint density at radius 1 is 1.23 bits per heavy atom. The van der Waals surface area contributed by atoms with E-state index in [-0.39, 0.29) is 16.5 Å². The molecule has 0 aliphatic heterocycles. The summed E-state index contributed by atoms with van der Waals surface area (Å²) < 4.78 is 6.44. The van der Waals surface area contributed by atoms with E-state index < -0.39 is 27.6 Å². The molecule has 2 heterocycles. The van der Waals surface area contributed by atoms with Crippen molar-refractivity contribution < 1.29 is 14.4 Å². The minimum absolute atomic E-state index is 0.0376. The number of rotatable bonds is 3. The number of hydrogen-bond donors (Lipinski definition) is 2. The van der Waals surface area contributed by atoms with Crippen LogP contribution < -0.4 is 11.2 Å². The lowest BCUT2D eigenvalue weighted by Gasteiger charge is -2.10. The molecule has 4 aromatic rings. The van der Waals surface area contributed by atoms with E-state index in [4.69, 9.17) is 4.42 Å². The molecule has 0 radical (unpaired) electrons. The predicted octanol–water partition coefficient (Wildman–Crippen LogP) is 2.81. The third kappa shape index (κ3) is 2.91. The lowest BCUT2D eigenvalue weighted by molar-refractivity contribution is -0.385. The summed E-state index contributed by atoms with van der Waals surface area (Å²) in [6.45, 7) is 0. The normalized spacial score (nSPS) is 13.8. The molecule has 0 saturated carbocycles. The first-order valence-electron chi connectivity index (χ1n) is 9.68. The summed E-state index contributed by atoms with van der Waals surface area (Å²) in [6, 6.07) is 7.68. The number of para-hydroxylation sites is 1. The zero-order valence-electron chi connectivity index (χ0n) is 16.1. The van der Waals surface area contributed by atoms with Crippen LogP contribution in [0, 0.1) is 10.1 Å². The zero-order chi connectivity index (χ0) is 21.7. The first kappa shape index (κ1) is 18.8. The van der Waals surface area contributed by atoms with Gasteiger partial charge in [-0.25, -0.2) is 4.79 Å². The molecule has 0 saturated heterocycles. The fourth-order valence-corrected chi connectivity index (χ4v) is 4.07. The lowest BCUT2D eigenvalue weighted by atomic mass is 9.93. The summed E-state index contributed by atoms with van der Waals surface area (Å²) in [5.74, 6) is 0.122. The van der Waals surface area contributed by atoms with E-state index in [0.29, 0.717) is 28.4 Å². The van der Waals surface area contributed by atoms with Crippen LogP contribution in [0.5, 0.6) is 5.75 Å². The summed E-state index contributed by atoms with van der Waals surface area (Å²) in [7, 11) is 0. The van der Waals surface area contributed by atoms with Gasteiger partial charge in [-0.1, -0.05) is 12.1 Å². The van der Waals surface area contributed by atoms with E-state index in [0.717, 1.165) is 30.4 Å². The number of phenolic OH excluding ortho intramolecular Hbond substituents is 1. The van der Waals surface area contributed by atoms with Gasteiger partial charge in [0.2, 0.25) is 5.75 Å². The van der Waals surface area contributed by atoms with Gasteiger partial charge in [0.15, 0.2) is 0 Å². The Balaban J connectivity index is 1.77. The van der Waals surface area contributed by atoms with Crippen molar-refractivity contribution in [1.29, 1.82) is 0 Å². The molecule has 31 heavy (non-hydrogen) atoms. The molecule has 1 aliphatic rings. The van der Waals surface area contributed by atoms with Gasteiger partial charge in [-0.2, -0.15) is 5.10 Å². The number of aromatic nitrogens is 2. The number of nitro groups is 1. The van der Waals surface area contributed by atoms with Gasteiger partial charge in [0.1, 0.15) is 11.3 Å². The van der Waals surface area contributed by atoms with Gasteiger partial charge in [0.05, 0.1) is 33.7 Å². The van der Waals surface area contributed by atoms with Crippen molar-refractivity contribution in [2.75, 3.05) is 0 Å². The number of nitrogens with one attached hydrogen (secondary N) is 1. The molecule has 0 spiro atoms. The van der Waals surface area contributed by atoms with Crippen LogP contribution in [0.15, 0.2) is 49.4 Å². The fourth-order valence-electron chi connectivity index (χ4n) is 4.07. The zero-order valence-corrected chi connectivity index (χ0v) is 16.1. The van der Waals surface area contributed by atoms with Gasteiger partial charge < -0.3 is 14.5 Å². The summed E-state index contributed by atoms with van der Waals surface area (Å²) >= 11 is 0. The number of aryl methyl sites for hydroxylation is 2. The first-order valence-corrected chi connectivity index (χ1v) is 9.68. The van der Waals surface area contributed by atoms with E-state index in [2.05, 4.69) is 10.1 Å². The van der Waals surface area contributed by atoms with Gasteiger partial charge >= 0.3 is 11.4 Å². The van der Waals surface area contributed by atoms with Crippen molar-refractivity contribution in [3.05, 3.63) is 78.2 Å². The molecule has 0 fully saturated rings. The van der Waals surface area contributed by atoms with Crippen LogP contribution >= 0.6 is 0 Å². The van der Waals surface area contributed by atoms with Crippen LogP contribution in [-0.4, -0.2) is 25.9 Å². The Bertz CT molecular complexity index is 1530. The Hall–Kier alpha value is -4.21. The van der Waals surface area contributed by atoms with E-state index in [1.165, 1.54) is 6.07 Å². The monoisotopic (exact) mass is 420 g/mol. The van der Waals surface area contributed by atoms with Crippen LogP contribution in [0.2, 0.25) is 0 Å². The number of benzene rings is 2. The Morgan fingerprint density at radius 2 is 2.00 bits per heavy atom. The average molecular weight is 420 g/mol. The van der Waals surface area contributed by atoms with Crippen LogP contribution in [0.4, 0.5) is 5.69 Å². The highest BCUT2D eigenvalue weighted by molar-refractivity contribution is 6.05. The van der Waals surface area contributed by atoms with Crippen molar-refractivity contribution in [2.24, 2.45) is 5.10 Å². The van der Waals surface area contributed by atoms with Crippen LogP contribution in [-0.2, 0) is 12.8 Å². The number of H-pyrrole nitrogens is 1. The van der Waals surface area contributed by atoms with E-state index in [9.17, 15) is 24.8 Å². The third-order valence-electron chi connectivity index (χ3n) is 5.52. The van der Waals surface area contributed by atoms with Crippen LogP contribution in [0.25, 0.3) is 21.9 Å². The SMILES string of the molecule is O=c1[nH]c2ccccc2c(=O)n1N=Cc1c(O)c([N+](=O)[O-])cc2oc3c(c12)CCCC3. The molecule has 2 N–H and O–H groups in total. The molecular weight excluding hydrogens is 404 g/mol. The van der Waals surface area contributed by atoms with E-state index >= 15 is 0 Å². The quantitative estimate of drug-likeness (QED) is 0.296. The number of fused-ring (bicyclic) bond motifs is 4. The van der Waals surface area contributed by atoms with Crippen molar-refractivity contribution in [3.63, 3.8) is 0 Å². The largest absolute Gasteiger partial charge is 0.502 e. The maximum Gasteiger partial charge on any atom is 0.349 e. The topological polar surface area (TPSA) is 144 Å². The van der Waals surface area contributed by atoms with Crippen molar-refractivity contribution >= 4 is 33.8 Å². The molecule has 156 valence electrons. The van der Waals surface area contributed by atoms with Crippen molar-refractivity contribution in [2.45, 2.75) is 25.7 Å². The van der Waals surface area contributed by atoms with E-state index in [1.54, 1.807) is 24.3 Å². The Morgan fingerprint density at radius 3 is 2.81 bits per heavy atom. The first-order chi connectivity index (χ1) is 15.0. The molecule has 2 aromatic carbocycles. The molecule has 0 unspecified atom stereocenters. The van der Waals surface area contributed by atoms with Crippen molar-refractivity contribution in [3.8, 4) is 5.75 Å². The highest BCUT2D eigenvalue weighted by Gasteiger charge is 2.27. The standard InChI is InChI=1S/C21H16N4O6/c26-19-13(10-22-24-20(27)11-5-1-3-7-14(11)23-21(24)28)18-12-6-2-4-8-16(12)31-17(18)9-15(19)25(29)30/h1,3,5,7,9-10,26H,2,4,6,8H2,(H,23,28). The highest BCUT2D eigenvalue weighted by atomic mass is 16.6. The summed E-state index contributed by atoms with van der Waals surface area (Å²) in [5, 5.41) is 26.8. The molecule has 1 aliphatic carbocycles. The van der Waals surface area contributed by atoms with Crippen LogP contribution in [0.3, 0.4) is 0 Å². The number of furan rings is 1. The highest BCUT2D eigenvalue weighted by Crippen LogP contribution is 2.41. The maximum atomic E-state index is 12.7. The Kier molecular flexibility index (Phi) is 4.21. The minimum Gasteiger partial charge on any atom is -0.502 e. The van der Waals surface area contributed by atoms with Crippen LogP contribution in [0.1, 0.15) is 29.7 Å². The maximum absolute atomic E-state index is 12.7. The second-order valence-electron chi connectivity index (χ2n) is 7.34. The summed E-state index contributed by atoms with van der Waals surface area (Å²) in [4.78, 5) is 38.4. The smallest absolute Gasteiger partial charge is 0.349 e. The molecule has 0 bridgehead atoms. The van der Waals surface area contributed by atoms with Gasteiger partial charge in [0.25, 0.3) is 5.56 Å². The lowest BCUT2D eigenvalue weighted by Crippen LogP contribution is -2.32. The number of aromatic amines is 1. The number of nitrogens with zero attached hydrogens (tertiary/aromatic N) is 3. The number of phenols is 1. The Labute approximate surface area is 173 Å². The molecule has 2 aromatic heterocycles. The molecular formula is C21H16N4O6. The number of nitro benzene ring substituents is 1. The molecule has 5 rings (SSSR count). The van der Waals surface area contributed by atoms with Gasteiger partial charge in [-0.05, 0) is 31.4 Å². The summed E-state index contributed by atoms with van der Waals surface area (Å²) in [5.41, 5.74) is -0.435. The fraction of sp³-hybridized carbons (Fsp3) is 0.190. The molecule has 10 nitrogen and oxygen atoms in total. The average Bonchev–Trinajstić information content (AvgIpc) is 3.12. The molecule has 0 atom stereocenters. The second-order valence-corrected chi connectivity index (χ2v) is 7.34. The van der Waals surface area contributed by atoms with Gasteiger partial charge in [0, 0.05) is 17.4 Å². The van der Waals surface area contributed by atoms with Gasteiger partial charge in [-0.15, -0.1) is 4.68 Å². The summed E-state index contributed by atoms with van der Waals surface area (Å²) in [6.07, 6.45) is 4.34. The van der Waals surface area contributed by atoms with E-state index in [1.807, 2.05) is 0 Å². The third-order valence-corrected chi connectivity index (χ3v) is 5.52. The molecule has 0 amide bonds. The number of aromatic hydroxyl groups is 1. The van der Waals surface area contributed by atoms with Crippen molar-refractivity contribution in [1.82, 2.24) is 9.66 Å².